The molecular formula is C18H21N3O4S2. The molecule has 3 rings (SSSR count). The van der Waals surface area contributed by atoms with Crippen LogP contribution in [0.4, 0.5) is 9.93 Å². The van der Waals surface area contributed by atoms with Crippen molar-refractivity contribution in [3.8, 4) is 5.75 Å². The lowest BCUT2D eigenvalue weighted by atomic mass is 10.2. The van der Waals surface area contributed by atoms with Gasteiger partial charge in [-0.05, 0) is 31.2 Å². The summed E-state index contributed by atoms with van der Waals surface area (Å²) < 4.78 is 10.2. The number of thioether (sulfide) groups is 1. The maximum absolute atomic E-state index is 12.2. The summed E-state index contributed by atoms with van der Waals surface area (Å²) in [5.41, 5.74) is 0.943. The van der Waals surface area contributed by atoms with Gasteiger partial charge in [0.05, 0.1) is 31.7 Å². The van der Waals surface area contributed by atoms with Crippen molar-refractivity contribution < 1.29 is 19.1 Å². The van der Waals surface area contributed by atoms with Crippen molar-refractivity contribution >= 4 is 40.2 Å². The summed E-state index contributed by atoms with van der Waals surface area (Å²) >= 11 is 2.86. The molecule has 0 fully saturated rings. The molecule has 0 bridgehead atoms. The molecule has 27 heavy (non-hydrogen) atoms. The number of ether oxygens (including phenoxy) is 2. The van der Waals surface area contributed by atoms with Gasteiger partial charge in [0.15, 0.2) is 5.13 Å². The third kappa shape index (κ3) is 5.14. The van der Waals surface area contributed by atoms with Gasteiger partial charge in [0.2, 0.25) is 5.91 Å². The quantitative estimate of drug-likeness (QED) is 0.739. The van der Waals surface area contributed by atoms with Gasteiger partial charge >= 0.3 is 6.09 Å². The van der Waals surface area contributed by atoms with E-state index in [1.54, 1.807) is 18.9 Å². The van der Waals surface area contributed by atoms with Crippen LogP contribution in [0.3, 0.4) is 0 Å². The number of nitrogens with zero attached hydrogens (tertiary/aromatic N) is 2. The lowest BCUT2D eigenvalue weighted by Crippen LogP contribution is -2.35. The summed E-state index contributed by atoms with van der Waals surface area (Å²) in [6.45, 7) is 3.20. The molecule has 9 heteroatoms. The van der Waals surface area contributed by atoms with Gasteiger partial charge in [-0.15, -0.1) is 11.8 Å². The zero-order valence-electron chi connectivity index (χ0n) is 15.2. The van der Waals surface area contributed by atoms with E-state index in [0.29, 0.717) is 37.0 Å². The molecule has 1 aliphatic heterocycles. The number of benzene rings is 1. The molecule has 1 aliphatic rings. The first-order chi connectivity index (χ1) is 13.1. The van der Waals surface area contributed by atoms with Crippen molar-refractivity contribution in [1.29, 1.82) is 0 Å². The lowest BCUT2D eigenvalue weighted by molar-refractivity contribution is -0.113. The van der Waals surface area contributed by atoms with Gasteiger partial charge in [0.1, 0.15) is 5.75 Å². The highest BCUT2D eigenvalue weighted by molar-refractivity contribution is 8.00. The Morgan fingerprint density at radius 1 is 1.33 bits per heavy atom. The number of hydrogen-bond donors (Lipinski definition) is 1. The van der Waals surface area contributed by atoms with Crippen molar-refractivity contribution in [3.63, 3.8) is 0 Å². The zero-order chi connectivity index (χ0) is 19.2. The first-order valence-corrected chi connectivity index (χ1v) is 10.4. The largest absolute Gasteiger partial charge is 0.497 e. The second-order valence-electron chi connectivity index (χ2n) is 5.77. The monoisotopic (exact) mass is 407 g/mol. The fourth-order valence-corrected chi connectivity index (χ4v) is 4.33. The van der Waals surface area contributed by atoms with Crippen LogP contribution in [0.2, 0.25) is 0 Å². The molecule has 1 aromatic carbocycles. The number of anilines is 1. The van der Waals surface area contributed by atoms with Crippen LogP contribution in [0.5, 0.6) is 5.75 Å². The molecule has 0 atom stereocenters. The van der Waals surface area contributed by atoms with E-state index in [9.17, 15) is 9.59 Å². The van der Waals surface area contributed by atoms with E-state index in [1.165, 1.54) is 23.1 Å². The fraction of sp³-hybridized carbons (Fsp3) is 0.389. The molecule has 0 aliphatic carbocycles. The van der Waals surface area contributed by atoms with Crippen molar-refractivity contribution in [1.82, 2.24) is 9.88 Å². The standard InChI is InChI=1S/C18H21N3O4S2/c1-3-25-18(23)21-9-8-14-15(10-21)27-17(19-14)20-16(22)11-26-13-6-4-12(24-2)5-7-13/h4-7H,3,8-11H2,1-2H3,(H,19,20,22). The molecule has 7 nitrogen and oxygen atoms in total. The molecule has 0 radical (unpaired) electrons. The SMILES string of the molecule is CCOC(=O)N1CCc2nc(NC(=O)CSc3ccc(OC)cc3)sc2C1. The second kappa shape index (κ2) is 9.09. The number of methoxy groups -OCH3 is 1. The highest BCUT2D eigenvalue weighted by atomic mass is 32.2. The van der Waals surface area contributed by atoms with Crippen LogP contribution >= 0.6 is 23.1 Å². The first-order valence-electron chi connectivity index (χ1n) is 8.56. The average molecular weight is 408 g/mol. The normalized spacial score (nSPS) is 13.0. The maximum atomic E-state index is 12.2. The highest BCUT2D eigenvalue weighted by Gasteiger charge is 2.25. The van der Waals surface area contributed by atoms with Crippen LogP contribution < -0.4 is 10.1 Å². The Kier molecular flexibility index (Phi) is 6.57. The predicted octanol–water partition coefficient (Wildman–Crippen LogP) is 3.40. The molecule has 0 saturated heterocycles. The van der Waals surface area contributed by atoms with Gasteiger partial charge in [-0.1, -0.05) is 11.3 Å². The number of aromatic nitrogens is 1. The minimum absolute atomic E-state index is 0.107. The minimum atomic E-state index is -0.307. The minimum Gasteiger partial charge on any atom is -0.497 e. The Morgan fingerprint density at radius 2 is 2.11 bits per heavy atom. The molecule has 0 saturated carbocycles. The second-order valence-corrected chi connectivity index (χ2v) is 7.90. The number of amides is 2. The number of nitrogens with one attached hydrogen (secondary N) is 1. The molecule has 0 unspecified atom stereocenters. The maximum Gasteiger partial charge on any atom is 0.410 e. The Labute approximate surface area is 166 Å². The molecule has 2 aromatic rings. The van der Waals surface area contributed by atoms with Crippen molar-refractivity contribution in [2.45, 2.75) is 24.8 Å². The fourth-order valence-electron chi connectivity index (χ4n) is 2.60. The predicted molar refractivity (Wildman–Crippen MR) is 106 cm³/mol. The number of carbonyl (C=O) groups excluding carboxylic acids is 2. The van der Waals surface area contributed by atoms with Gasteiger partial charge in [-0.3, -0.25) is 4.79 Å². The van der Waals surface area contributed by atoms with Crippen LogP contribution in [0.25, 0.3) is 0 Å². The average Bonchev–Trinajstić information content (AvgIpc) is 3.08. The number of rotatable bonds is 6. The summed E-state index contributed by atoms with van der Waals surface area (Å²) in [7, 11) is 1.62. The Balaban J connectivity index is 1.52. The van der Waals surface area contributed by atoms with E-state index in [1.807, 2.05) is 24.3 Å². The lowest BCUT2D eigenvalue weighted by Gasteiger charge is -2.24. The van der Waals surface area contributed by atoms with Gasteiger partial charge < -0.3 is 19.7 Å². The van der Waals surface area contributed by atoms with E-state index in [-0.39, 0.29) is 12.0 Å². The molecule has 0 spiro atoms. The molecule has 1 N–H and O–H groups in total. The van der Waals surface area contributed by atoms with Gasteiger partial charge in [-0.25, -0.2) is 9.78 Å². The highest BCUT2D eigenvalue weighted by Crippen LogP contribution is 2.29. The zero-order valence-corrected chi connectivity index (χ0v) is 16.8. The number of thiazole rings is 1. The van der Waals surface area contributed by atoms with Crippen molar-refractivity contribution in [2.75, 3.05) is 31.3 Å². The number of fused-ring (bicyclic) bond motifs is 1. The van der Waals surface area contributed by atoms with Crippen LogP contribution in [-0.2, 0) is 22.5 Å². The van der Waals surface area contributed by atoms with E-state index in [4.69, 9.17) is 9.47 Å². The van der Waals surface area contributed by atoms with Crippen molar-refractivity contribution in [2.24, 2.45) is 0 Å². The van der Waals surface area contributed by atoms with E-state index >= 15 is 0 Å². The summed E-state index contributed by atoms with van der Waals surface area (Å²) in [4.78, 5) is 32.2. The van der Waals surface area contributed by atoms with E-state index < -0.39 is 0 Å². The molecule has 1 aromatic heterocycles. The molecule has 2 amide bonds. The van der Waals surface area contributed by atoms with Gasteiger partial charge in [0, 0.05) is 22.7 Å². The first kappa shape index (κ1) is 19.5. The molecule has 2 heterocycles. The third-order valence-electron chi connectivity index (χ3n) is 3.93. The van der Waals surface area contributed by atoms with E-state index in [0.717, 1.165) is 21.2 Å². The summed E-state index contributed by atoms with van der Waals surface area (Å²) in [5, 5.41) is 3.42. The van der Waals surface area contributed by atoms with Crippen LogP contribution in [0.15, 0.2) is 29.2 Å². The third-order valence-corrected chi connectivity index (χ3v) is 5.94. The van der Waals surface area contributed by atoms with Crippen molar-refractivity contribution in [3.05, 3.63) is 34.8 Å². The van der Waals surface area contributed by atoms with Gasteiger partial charge in [0.25, 0.3) is 0 Å². The Hall–Kier alpha value is -2.26. The van der Waals surface area contributed by atoms with E-state index in [2.05, 4.69) is 10.3 Å². The molecule has 144 valence electrons. The van der Waals surface area contributed by atoms with Gasteiger partial charge in [-0.2, -0.15) is 0 Å². The Morgan fingerprint density at radius 3 is 2.81 bits per heavy atom. The van der Waals surface area contributed by atoms with Crippen LogP contribution in [0.1, 0.15) is 17.5 Å². The summed E-state index contributed by atoms with van der Waals surface area (Å²) in [6.07, 6.45) is 0.360. The number of carbonyl (C=O) groups is 2. The molecular weight excluding hydrogens is 386 g/mol. The van der Waals surface area contributed by atoms with Crippen LogP contribution in [0, 0.1) is 0 Å². The Bertz CT molecular complexity index is 807. The van der Waals surface area contributed by atoms with Crippen LogP contribution in [-0.4, -0.2) is 47.9 Å². The summed E-state index contributed by atoms with van der Waals surface area (Å²) in [5.74, 6) is 0.976. The topological polar surface area (TPSA) is 80.8 Å². The summed E-state index contributed by atoms with van der Waals surface area (Å²) in [6, 6.07) is 7.57. The number of hydrogen-bond acceptors (Lipinski definition) is 7. The smallest absolute Gasteiger partial charge is 0.410 e.